The second-order valence-corrected chi connectivity index (χ2v) is 7.81. The smallest absolute Gasteiger partial charge is 0.336 e. The molecular formula is C19H20N4O4S. The van der Waals surface area contributed by atoms with Gasteiger partial charge >= 0.3 is 5.97 Å². The summed E-state index contributed by atoms with van der Waals surface area (Å²) in [5, 5.41) is 16.6. The van der Waals surface area contributed by atoms with Crippen LogP contribution in [0.5, 0.6) is 0 Å². The fourth-order valence-electron chi connectivity index (χ4n) is 2.73. The molecule has 0 saturated carbocycles. The molecule has 0 fully saturated rings. The number of carboxylic acids is 1. The van der Waals surface area contributed by atoms with E-state index in [0.717, 1.165) is 0 Å². The molecule has 0 unspecified atom stereocenters. The largest absolute Gasteiger partial charge is 0.478 e. The molecule has 1 heterocycles. The van der Waals surface area contributed by atoms with Crippen LogP contribution in [-0.4, -0.2) is 29.3 Å². The van der Waals surface area contributed by atoms with Crippen molar-refractivity contribution in [1.82, 2.24) is 9.78 Å². The van der Waals surface area contributed by atoms with Gasteiger partial charge in [0.15, 0.2) is 5.82 Å². The molecule has 0 amide bonds. The molecule has 3 aromatic rings. The molecule has 0 aliphatic heterocycles. The fourth-order valence-corrected chi connectivity index (χ4v) is 3.84. The van der Waals surface area contributed by atoms with Crippen LogP contribution in [0.3, 0.4) is 0 Å². The normalized spacial score (nSPS) is 11.2. The summed E-state index contributed by atoms with van der Waals surface area (Å²) in [5.41, 5.74) is 1.40. The van der Waals surface area contributed by atoms with Crippen molar-refractivity contribution in [3.63, 3.8) is 0 Å². The summed E-state index contributed by atoms with van der Waals surface area (Å²) < 4.78 is 29.8. The molecule has 2 aromatic carbocycles. The second-order valence-electron chi connectivity index (χ2n) is 6.13. The second kappa shape index (κ2) is 7.73. The van der Waals surface area contributed by atoms with Gasteiger partial charge in [0.25, 0.3) is 10.0 Å². The number of carboxylic acid groups (broad SMARTS) is 1. The fraction of sp³-hybridized carbons (Fsp3) is 0.158. The first-order valence-electron chi connectivity index (χ1n) is 8.55. The van der Waals surface area contributed by atoms with Gasteiger partial charge in [0.1, 0.15) is 0 Å². The highest BCUT2D eigenvalue weighted by molar-refractivity contribution is 7.92. The van der Waals surface area contributed by atoms with Crippen molar-refractivity contribution in [3.8, 4) is 0 Å². The van der Waals surface area contributed by atoms with E-state index in [0.29, 0.717) is 29.2 Å². The molecule has 146 valence electrons. The Morgan fingerprint density at radius 2 is 1.86 bits per heavy atom. The number of nitrogens with zero attached hydrogens (tertiary/aromatic N) is 2. The minimum atomic E-state index is -3.98. The van der Waals surface area contributed by atoms with E-state index < -0.39 is 16.0 Å². The molecular weight excluding hydrogens is 380 g/mol. The SMILES string of the molecule is CCc1ccc(S(=O)(=O)Nc2ccccc2Nc2ccn(C)n2)cc1C(=O)O. The van der Waals surface area contributed by atoms with Crippen molar-refractivity contribution in [2.45, 2.75) is 18.2 Å². The van der Waals surface area contributed by atoms with Crippen LogP contribution in [0.2, 0.25) is 0 Å². The van der Waals surface area contributed by atoms with E-state index in [9.17, 15) is 18.3 Å². The lowest BCUT2D eigenvalue weighted by Crippen LogP contribution is -2.15. The molecule has 0 atom stereocenters. The zero-order chi connectivity index (χ0) is 20.3. The maximum absolute atomic E-state index is 12.8. The molecule has 0 bridgehead atoms. The van der Waals surface area contributed by atoms with Crippen molar-refractivity contribution in [2.24, 2.45) is 7.05 Å². The lowest BCUT2D eigenvalue weighted by Gasteiger charge is -2.14. The lowest BCUT2D eigenvalue weighted by molar-refractivity contribution is 0.0695. The Morgan fingerprint density at radius 1 is 1.14 bits per heavy atom. The Labute approximate surface area is 162 Å². The third-order valence-corrected chi connectivity index (χ3v) is 5.51. The van der Waals surface area contributed by atoms with Crippen molar-refractivity contribution in [1.29, 1.82) is 0 Å². The van der Waals surface area contributed by atoms with E-state index in [-0.39, 0.29) is 10.5 Å². The average molecular weight is 400 g/mol. The van der Waals surface area contributed by atoms with Gasteiger partial charge in [-0.2, -0.15) is 5.10 Å². The third kappa shape index (κ3) is 4.15. The lowest BCUT2D eigenvalue weighted by atomic mass is 10.1. The summed E-state index contributed by atoms with van der Waals surface area (Å²) in [7, 11) is -2.21. The van der Waals surface area contributed by atoms with Crippen LogP contribution in [0.15, 0.2) is 59.6 Å². The van der Waals surface area contributed by atoms with Gasteiger partial charge in [-0.25, -0.2) is 13.2 Å². The number of aromatic nitrogens is 2. The summed E-state index contributed by atoms with van der Waals surface area (Å²) in [6.45, 7) is 1.81. The van der Waals surface area contributed by atoms with E-state index in [1.54, 1.807) is 48.3 Å². The Kier molecular flexibility index (Phi) is 5.36. The van der Waals surface area contributed by atoms with E-state index >= 15 is 0 Å². The van der Waals surface area contributed by atoms with Crippen LogP contribution in [-0.2, 0) is 23.5 Å². The predicted molar refractivity (Wildman–Crippen MR) is 107 cm³/mol. The van der Waals surface area contributed by atoms with Gasteiger partial charge < -0.3 is 10.4 Å². The van der Waals surface area contributed by atoms with Crippen molar-refractivity contribution < 1.29 is 18.3 Å². The van der Waals surface area contributed by atoms with E-state index in [2.05, 4.69) is 15.1 Å². The number of carbonyl (C=O) groups is 1. The molecule has 9 heteroatoms. The number of para-hydroxylation sites is 2. The molecule has 3 N–H and O–H groups in total. The molecule has 8 nitrogen and oxygen atoms in total. The highest BCUT2D eigenvalue weighted by Crippen LogP contribution is 2.27. The molecule has 1 aromatic heterocycles. The van der Waals surface area contributed by atoms with Crippen LogP contribution in [0.25, 0.3) is 0 Å². The molecule has 28 heavy (non-hydrogen) atoms. The molecule has 0 saturated heterocycles. The highest BCUT2D eigenvalue weighted by atomic mass is 32.2. The van der Waals surface area contributed by atoms with Crippen molar-refractivity contribution in [2.75, 3.05) is 10.0 Å². The Balaban J connectivity index is 1.93. The number of hydrogen-bond donors (Lipinski definition) is 3. The maximum atomic E-state index is 12.8. The average Bonchev–Trinajstić information content (AvgIpc) is 3.07. The Morgan fingerprint density at radius 3 is 2.46 bits per heavy atom. The summed E-state index contributed by atoms with van der Waals surface area (Å²) in [6, 6.07) is 12.7. The number of sulfonamides is 1. The van der Waals surface area contributed by atoms with Gasteiger partial charge in [0, 0.05) is 19.3 Å². The quantitative estimate of drug-likeness (QED) is 0.561. The summed E-state index contributed by atoms with van der Waals surface area (Å²) in [4.78, 5) is 11.3. The van der Waals surface area contributed by atoms with Crippen LogP contribution >= 0.6 is 0 Å². The number of aryl methyl sites for hydroxylation is 2. The van der Waals surface area contributed by atoms with Gasteiger partial charge in [-0.3, -0.25) is 9.40 Å². The van der Waals surface area contributed by atoms with Crippen LogP contribution < -0.4 is 10.0 Å². The molecule has 0 aliphatic carbocycles. The predicted octanol–water partition coefficient (Wildman–Crippen LogP) is 3.23. The van der Waals surface area contributed by atoms with Crippen molar-refractivity contribution >= 4 is 33.2 Å². The Hall–Kier alpha value is -3.33. The highest BCUT2D eigenvalue weighted by Gasteiger charge is 2.20. The minimum Gasteiger partial charge on any atom is -0.478 e. The maximum Gasteiger partial charge on any atom is 0.336 e. The van der Waals surface area contributed by atoms with E-state index in [4.69, 9.17) is 0 Å². The first-order chi connectivity index (χ1) is 13.3. The molecule has 0 aliphatic rings. The van der Waals surface area contributed by atoms with Gasteiger partial charge in [-0.1, -0.05) is 25.1 Å². The number of benzene rings is 2. The van der Waals surface area contributed by atoms with Gasteiger partial charge in [-0.15, -0.1) is 0 Å². The van der Waals surface area contributed by atoms with Gasteiger partial charge in [0.05, 0.1) is 21.8 Å². The van der Waals surface area contributed by atoms with Crippen LogP contribution in [0, 0.1) is 0 Å². The van der Waals surface area contributed by atoms with Gasteiger partial charge in [-0.05, 0) is 36.2 Å². The number of aromatic carboxylic acids is 1. The summed E-state index contributed by atoms with van der Waals surface area (Å²) >= 11 is 0. The zero-order valence-electron chi connectivity index (χ0n) is 15.4. The van der Waals surface area contributed by atoms with Gasteiger partial charge in [0.2, 0.25) is 0 Å². The number of anilines is 3. The standard InChI is InChI=1S/C19H20N4O4S/c1-3-13-8-9-14(12-15(13)19(24)25)28(26,27)22-17-7-5-4-6-16(17)20-18-10-11-23(2)21-18/h4-12,22H,3H2,1-2H3,(H,20,21)(H,24,25). The van der Waals surface area contributed by atoms with E-state index in [1.165, 1.54) is 18.2 Å². The van der Waals surface area contributed by atoms with Crippen LogP contribution in [0.4, 0.5) is 17.2 Å². The summed E-state index contributed by atoms with van der Waals surface area (Å²) in [5.74, 6) is -0.597. The molecule has 0 radical (unpaired) electrons. The number of nitrogens with one attached hydrogen (secondary N) is 2. The topological polar surface area (TPSA) is 113 Å². The zero-order valence-corrected chi connectivity index (χ0v) is 16.2. The first-order valence-corrected chi connectivity index (χ1v) is 10.0. The minimum absolute atomic E-state index is 0.0229. The Bertz CT molecular complexity index is 1120. The van der Waals surface area contributed by atoms with Crippen molar-refractivity contribution in [3.05, 3.63) is 65.9 Å². The third-order valence-electron chi connectivity index (χ3n) is 4.15. The number of hydrogen-bond acceptors (Lipinski definition) is 5. The van der Waals surface area contributed by atoms with Crippen LogP contribution in [0.1, 0.15) is 22.8 Å². The summed E-state index contributed by atoms with van der Waals surface area (Å²) in [6.07, 6.45) is 2.25. The monoisotopic (exact) mass is 400 g/mol. The number of rotatable bonds is 7. The molecule has 0 spiro atoms. The van der Waals surface area contributed by atoms with E-state index in [1.807, 2.05) is 6.92 Å². The molecule has 3 rings (SSSR count). The first kappa shape index (κ1) is 19.4.